The van der Waals surface area contributed by atoms with Gasteiger partial charge in [0.2, 0.25) is 0 Å². The van der Waals surface area contributed by atoms with Crippen LogP contribution in [0.5, 0.6) is 0 Å². The van der Waals surface area contributed by atoms with Crippen molar-refractivity contribution in [2.24, 2.45) is 0 Å². The van der Waals surface area contributed by atoms with E-state index in [2.05, 4.69) is 260 Å². The summed E-state index contributed by atoms with van der Waals surface area (Å²) >= 11 is 3.96. The number of hydrogen-bond donors (Lipinski definition) is 0. The van der Waals surface area contributed by atoms with E-state index < -0.39 is 0 Å². The zero-order valence-electron chi connectivity index (χ0n) is 53.1. The molecule has 0 radical (unpaired) electrons. The highest BCUT2D eigenvalue weighted by molar-refractivity contribution is 7.27. The number of hydrogen-bond acceptors (Lipinski definition) is 5. The Morgan fingerprint density at radius 3 is 1.67 bits per heavy atom. The van der Waals surface area contributed by atoms with Crippen molar-refractivity contribution in [3.63, 3.8) is 0 Å². The van der Waals surface area contributed by atoms with E-state index in [4.69, 9.17) is 0 Å². The molecule has 3 aliphatic heterocycles. The quantitative estimate of drug-likeness (QED) is 0.163. The van der Waals surface area contributed by atoms with Crippen molar-refractivity contribution in [1.29, 1.82) is 0 Å². The van der Waals surface area contributed by atoms with Crippen molar-refractivity contribution < 1.29 is 0 Å². The Morgan fingerprint density at radius 2 is 1.01 bits per heavy atom. The van der Waals surface area contributed by atoms with Gasteiger partial charge in [0, 0.05) is 70.5 Å². The number of nitrogens with zero attached hydrogens (tertiary/aromatic N) is 3. The second kappa shape index (κ2) is 17.7. The molecule has 8 aromatic carbocycles. The molecule has 2 atom stereocenters. The highest BCUT2D eigenvalue weighted by Crippen LogP contribution is 2.62. The minimum Gasteiger partial charge on any atom is -0.334 e. The maximum Gasteiger partial charge on any atom is 0.252 e. The van der Waals surface area contributed by atoms with Gasteiger partial charge < -0.3 is 14.7 Å². The van der Waals surface area contributed by atoms with Crippen LogP contribution in [0.3, 0.4) is 0 Å². The average Bonchev–Trinajstić information content (AvgIpc) is 1.19. The molecule has 0 spiro atoms. The predicted molar refractivity (Wildman–Crippen MR) is 370 cm³/mol. The van der Waals surface area contributed by atoms with Crippen molar-refractivity contribution in [1.82, 2.24) is 0 Å². The summed E-state index contributed by atoms with van der Waals surface area (Å²) in [4.78, 5) is 8.34. The third-order valence-electron chi connectivity index (χ3n) is 21.9. The first-order valence-electron chi connectivity index (χ1n) is 31.5. The fourth-order valence-electron chi connectivity index (χ4n) is 16.5. The predicted octanol–water partition coefficient (Wildman–Crippen LogP) is 21.1. The highest BCUT2D eigenvalue weighted by Gasteiger charge is 2.58. The molecule has 0 amide bonds. The average molecular weight is 1140 g/mol. The first-order chi connectivity index (χ1) is 39.6. The van der Waals surface area contributed by atoms with Crippen molar-refractivity contribution in [3.05, 3.63) is 172 Å². The summed E-state index contributed by atoms with van der Waals surface area (Å²) in [5, 5.41) is 5.39. The van der Waals surface area contributed by atoms with E-state index in [9.17, 15) is 0 Å². The molecule has 0 N–H and O–H groups in total. The summed E-state index contributed by atoms with van der Waals surface area (Å²) in [6.07, 6.45) is 7.19. The fourth-order valence-corrected chi connectivity index (χ4v) is 18.9. The van der Waals surface area contributed by atoms with Gasteiger partial charge in [0.25, 0.3) is 6.71 Å². The highest BCUT2D eigenvalue weighted by atomic mass is 32.1. The Labute approximate surface area is 509 Å². The Hall–Kier alpha value is -6.34. The van der Waals surface area contributed by atoms with Crippen LogP contribution in [0, 0.1) is 13.8 Å². The fraction of sp³-hybridized carbons (Fsp3) is 0.385. The Kier molecular flexibility index (Phi) is 11.4. The summed E-state index contributed by atoms with van der Waals surface area (Å²) in [5.74, 6) is 0. The van der Waals surface area contributed by atoms with Gasteiger partial charge in [0.05, 0.1) is 26.3 Å². The van der Waals surface area contributed by atoms with Crippen LogP contribution in [-0.4, -0.2) is 12.3 Å². The lowest BCUT2D eigenvalue weighted by Gasteiger charge is -2.50. The van der Waals surface area contributed by atoms with Crippen LogP contribution in [0.25, 0.3) is 40.3 Å². The molecule has 1 saturated carbocycles. The van der Waals surface area contributed by atoms with Gasteiger partial charge in [-0.25, -0.2) is 0 Å². The largest absolute Gasteiger partial charge is 0.334 e. The monoisotopic (exact) mass is 1140 g/mol. The molecule has 2 unspecified atom stereocenters. The van der Waals surface area contributed by atoms with Gasteiger partial charge in [0.15, 0.2) is 0 Å². The van der Waals surface area contributed by atoms with E-state index in [1.165, 1.54) is 179 Å². The topological polar surface area (TPSA) is 9.72 Å². The summed E-state index contributed by atoms with van der Waals surface area (Å²) < 4.78 is 5.39. The lowest BCUT2D eigenvalue weighted by atomic mass is 9.33. The van der Waals surface area contributed by atoms with Crippen molar-refractivity contribution in [3.8, 4) is 0 Å². The molecule has 2 aromatic heterocycles. The van der Waals surface area contributed by atoms with Crippen LogP contribution >= 0.6 is 22.7 Å². The van der Waals surface area contributed by atoms with Gasteiger partial charge in [-0.15, -0.1) is 22.7 Å². The first-order valence-corrected chi connectivity index (χ1v) is 33.2. The second-order valence-corrected chi connectivity index (χ2v) is 33.4. The zero-order valence-corrected chi connectivity index (χ0v) is 54.7. The van der Waals surface area contributed by atoms with Crippen LogP contribution in [0.4, 0.5) is 45.5 Å². The van der Waals surface area contributed by atoms with Crippen molar-refractivity contribution >= 4 is 132 Å². The van der Waals surface area contributed by atoms with Crippen LogP contribution < -0.4 is 31.1 Å². The van der Waals surface area contributed by atoms with Crippen LogP contribution in [0.1, 0.15) is 187 Å². The molecule has 2 aliphatic carbocycles. The lowest BCUT2D eigenvalue weighted by molar-refractivity contribution is 0.195. The molecule has 10 aromatic rings. The number of rotatable bonds is 3. The Morgan fingerprint density at radius 1 is 0.440 bits per heavy atom. The SMILES string of the molecule is Cc1cc2c3c(c1)N(c1cc4c(cc1C)C(C)(C)CCC4(C)C)c1c(ccc4c1sc1ccc(C(C)(C)C)cc14)B3c1ccc(N3c4ccc(C(C)(C)C)cc4C4(C)CCCCC34C)cc1N2c1cccc2c1sc1ccc(C(C)(C)C)cc12. The van der Waals surface area contributed by atoms with Crippen molar-refractivity contribution in [2.45, 2.75) is 194 Å². The van der Waals surface area contributed by atoms with E-state index in [-0.39, 0.29) is 44.7 Å². The van der Waals surface area contributed by atoms with Crippen LogP contribution in [0.15, 0.2) is 127 Å². The number of fused-ring (bicyclic) bond motifs is 15. The molecule has 15 rings (SSSR count). The van der Waals surface area contributed by atoms with Crippen molar-refractivity contribution in [2.75, 3.05) is 14.7 Å². The van der Waals surface area contributed by atoms with E-state index in [1.54, 1.807) is 0 Å². The maximum absolute atomic E-state index is 2.82. The number of aryl methyl sites for hydroxylation is 2. The molecule has 0 saturated heterocycles. The molecule has 5 heterocycles. The van der Waals surface area contributed by atoms with Crippen LogP contribution in [0.2, 0.25) is 0 Å². The molecule has 84 heavy (non-hydrogen) atoms. The van der Waals surface area contributed by atoms with E-state index in [0.717, 1.165) is 6.42 Å². The molecule has 0 bridgehead atoms. The van der Waals surface area contributed by atoms with Gasteiger partial charge in [-0.05, 0) is 201 Å². The van der Waals surface area contributed by atoms with Gasteiger partial charge in [-0.3, -0.25) is 0 Å². The number of thiophene rings is 2. The summed E-state index contributed by atoms with van der Waals surface area (Å²) in [7, 11) is 0. The molecule has 1 fully saturated rings. The summed E-state index contributed by atoms with van der Waals surface area (Å²) in [6, 6.07) is 52.4. The minimum absolute atomic E-state index is 0.000553. The third-order valence-corrected chi connectivity index (χ3v) is 24.3. The van der Waals surface area contributed by atoms with Gasteiger partial charge in [-0.2, -0.15) is 0 Å². The summed E-state index contributed by atoms with van der Waals surface area (Å²) in [6.45, 7) is 41.1. The van der Waals surface area contributed by atoms with Gasteiger partial charge >= 0.3 is 0 Å². The molecular weight excluding hydrogens is 1050 g/mol. The standard InChI is InChI=1S/C78H84BN3S2/c1-45-37-64-68-65(38-45)81(62-44-56-55(39-46(62)2)75(12,13)35-36-76(56,14)15)69-59(29-27-52-54-41-48(73(6,7)8)25-32-67(54)84-71(52)69)79(68)58-28-26-50(82-60-30-23-49(74(9,10)11)42-57(60)77(16)33-18-19-34-78(77,82)17)43-63(58)80(64)61-22-20-21-51-53-40-47(72(3,4)5)24-31-66(53)83-70(51)61/h20-32,37-44H,18-19,33-36H2,1-17H3. The molecule has 426 valence electrons. The smallest absolute Gasteiger partial charge is 0.252 e. The minimum atomic E-state index is -0.107. The van der Waals surface area contributed by atoms with E-state index >= 15 is 0 Å². The normalized spacial score (nSPS) is 20.6. The number of anilines is 8. The molecular formula is C78H84BN3S2. The van der Waals surface area contributed by atoms with Gasteiger partial charge in [-0.1, -0.05) is 170 Å². The summed E-state index contributed by atoms with van der Waals surface area (Å²) in [5.41, 5.74) is 26.0. The molecule has 3 nitrogen and oxygen atoms in total. The van der Waals surface area contributed by atoms with E-state index in [1.807, 2.05) is 22.7 Å². The second-order valence-electron chi connectivity index (χ2n) is 31.3. The molecule has 5 aliphatic rings. The van der Waals surface area contributed by atoms with Gasteiger partial charge in [0.1, 0.15) is 0 Å². The zero-order chi connectivity index (χ0) is 58.9. The first kappa shape index (κ1) is 54.3. The Balaban J connectivity index is 1.05. The van der Waals surface area contributed by atoms with Crippen LogP contribution in [-0.2, 0) is 32.5 Å². The number of benzene rings is 8. The molecule has 6 heteroatoms. The van der Waals surface area contributed by atoms with E-state index in [0.29, 0.717) is 0 Å². The maximum atomic E-state index is 2.82. The third kappa shape index (κ3) is 7.60. The lowest BCUT2D eigenvalue weighted by Crippen LogP contribution is -2.61. The Bertz CT molecular complexity index is 4490.